The number of rotatable bonds is 6. The van der Waals surface area contributed by atoms with E-state index in [-0.39, 0.29) is 10.9 Å². The molecule has 2 N–H and O–H groups in total. The number of para-hydroxylation sites is 1. The van der Waals surface area contributed by atoms with Gasteiger partial charge in [-0.15, -0.1) is 0 Å². The van der Waals surface area contributed by atoms with E-state index in [0.29, 0.717) is 19.6 Å². The zero-order valence-corrected chi connectivity index (χ0v) is 17.0. The molecule has 138 valence electrons. The molecule has 5 nitrogen and oxygen atoms in total. The molecule has 0 fully saturated rings. The minimum absolute atomic E-state index is 0.164. The molecule has 2 amide bonds. The molecule has 2 rings (SSSR count). The van der Waals surface area contributed by atoms with E-state index in [2.05, 4.69) is 33.9 Å². The number of fused-ring (bicyclic) bond motifs is 1. The maximum atomic E-state index is 12.7. The van der Waals surface area contributed by atoms with E-state index in [9.17, 15) is 9.59 Å². The Morgan fingerprint density at radius 3 is 2.56 bits per heavy atom. The Hall–Kier alpha value is -1.66. The van der Waals surface area contributed by atoms with Gasteiger partial charge in [-0.1, -0.05) is 39.0 Å². The summed E-state index contributed by atoms with van der Waals surface area (Å²) in [7, 11) is -1.79. The molecule has 0 bridgehead atoms. The molecule has 0 spiro atoms. The highest BCUT2D eigenvalue weighted by molar-refractivity contribution is 6.74. The van der Waals surface area contributed by atoms with Crippen molar-refractivity contribution in [1.29, 1.82) is 0 Å². The summed E-state index contributed by atoms with van der Waals surface area (Å²) in [6.45, 7) is 12.2. The van der Waals surface area contributed by atoms with Crippen LogP contribution in [0.25, 0.3) is 0 Å². The lowest BCUT2D eigenvalue weighted by Gasteiger charge is -2.37. The van der Waals surface area contributed by atoms with Crippen molar-refractivity contribution in [2.24, 2.45) is 11.7 Å². The number of hydrogen-bond acceptors (Lipinski definition) is 3. The van der Waals surface area contributed by atoms with Crippen molar-refractivity contribution in [2.45, 2.75) is 51.7 Å². The molecule has 1 aliphatic rings. The van der Waals surface area contributed by atoms with Gasteiger partial charge < -0.3 is 15.1 Å². The van der Waals surface area contributed by atoms with Crippen molar-refractivity contribution >= 4 is 25.8 Å². The van der Waals surface area contributed by atoms with E-state index in [0.717, 1.165) is 17.7 Å². The van der Waals surface area contributed by atoms with Crippen LogP contribution in [0.3, 0.4) is 0 Å². The molecule has 0 radical (unpaired) electrons. The molecule has 0 saturated heterocycles. The third-order valence-electron chi connectivity index (χ3n) is 5.41. The predicted octanol–water partition coefficient (Wildman–Crippen LogP) is 3.09. The molecule has 1 unspecified atom stereocenters. The summed E-state index contributed by atoms with van der Waals surface area (Å²) in [6, 6.07) is 7.72. The van der Waals surface area contributed by atoms with Gasteiger partial charge in [0.25, 0.3) is 0 Å². The first-order valence-corrected chi connectivity index (χ1v) is 11.8. The third kappa shape index (κ3) is 4.30. The topological polar surface area (TPSA) is 72.6 Å². The normalized spacial score (nSPS) is 18.2. The van der Waals surface area contributed by atoms with E-state index in [1.54, 1.807) is 4.90 Å². The van der Waals surface area contributed by atoms with Crippen molar-refractivity contribution in [3.05, 3.63) is 29.8 Å². The largest absolute Gasteiger partial charge is 0.417 e. The summed E-state index contributed by atoms with van der Waals surface area (Å²) in [5.41, 5.74) is 7.31. The highest BCUT2D eigenvalue weighted by Crippen LogP contribution is 2.36. The molecule has 0 aromatic heterocycles. The summed E-state index contributed by atoms with van der Waals surface area (Å²) in [5, 5.41) is 0.164. The van der Waals surface area contributed by atoms with Gasteiger partial charge in [0.1, 0.15) is 5.92 Å². The Morgan fingerprint density at radius 1 is 1.32 bits per heavy atom. The average molecular weight is 363 g/mol. The second kappa shape index (κ2) is 7.29. The van der Waals surface area contributed by atoms with E-state index in [4.69, 9.17) is 10.2 Å². The summed E-state index contributed by atoms with van der Waals surface area (Å²) < 4.78 is 6.19. The molecule has 1 heterocycles. The van der Waals surface area contributed by atoms with E-state index >= 15 is 0 Å². The highest BCUT2D eigenvalue weighted by atomic mass is 28.4. The fraction of sp³-hybridized carbons (Fsp3) is 0.579. The molecular formula is C19H30N2O3Si. The number of benzene rings is 1. The number of hydrogen-bond donors (Lipinski definition) is 1. The quantitative estimate of drug-likeness (QED) is 0.480. The summed E-state index contributed by atoms with van der Waals surface area (Å²) in [6.07, 6.45) is 1.12. The molecule has 0 saturated carbocycles. The van der Waals surface area contributed by atoms with Crippen molar-refractivity contribution in [3.8, 4) is 0 Å². The third-order valence-corrected chi connectivity index (χ3v) is 9.95. The van der Waals surface area contributed by atoms with E-state index in [1.165, 1.54) is 0 Å². The predicted molar refractivity (Wildman–Crippen MR) is 103 cm³/mol. The Labute approximate surface area is 151 Å². The second-order valence-electron chi connectivity index (χ2n) is 8.24. The SMILES string of the molecule is CC(C)(C)[Si](C)(C)OCCCN1C(=O)C(C(N)=O)Cc2ccccc21. The number of anilines is 1. The summed E-state index contributed by atoms with van der Waals surface area (Å²) in [5.74, 6) is -1.52. The lowest BCUT2D eigenvalue weighted by atomic mass is 9.91. The maximum absolute atomic E-state index is 12.7. The summed E-state index contributed by atoms with van der Waals surface area (Å²) in [4.78, 5) is 26.0. The molecule has 6 heteroatoms. The minimum Gasteiger partial charge on any atom is -0.417 e. The van der Waals surface area contributed by atoms with Crippen molar-refractivity contribution < 1.29 is 14.0 Å². The smallest absolute Gasteiger partial charge is 0.239 e. The number of carbonyl (C=O) groups is 2. The van der Waals surface area contributed by atoms with Crippen LogP contribution in [-0.2, 0) is 20.4 Å². The van der Waals surface area contributed by atoms with Gasteiger partial charge >= 0.3 is 0 Å². The van der Waals surface area contributed by atoms with Crippen LogP contribution in [0.5, 0.6) is 0 Å². The molecule has 1 atom stereocenters. The van der Waals surface area contributed by atoms with Crippen LogP contribution in [0.1, 0.15) is 32.8 Å². The van der Waals surface area contributed by atoms with E-state index in [1.807, 2.05) is 24.3 Å². The zero-order chi connectivity index (χ0) is 18.8. The van der Waals surface area contributed by atoms with Gasteiger partial charge in [-0.05, 0) is 42.6 Å². The first-order valence-electron chi connectivity index (χ1n) is 8.87. The Bertz CT molecular complexity index is 652. The van der Waals surface area contributed by atoms with Crippen molar-refractivity contribution in [3.63, 3.8) is 0 Å². The van der Waals surface area contributed by atoms with Crippen LogP contribution in [0.2, 0.25) is 18.1 Å². The first kappa shape index (κ1) is 19.7. The molecule has 1 aromatic carbocycles. The molecule has 1 aliphatic heterocycles. The monoisotopic (exact) mass is 362 g/mol. The Morgan fingerprint density at radius 2 is 1.96 bits per heavy atom. The van der Waals surface area contributed by atoms with Gasteiger partial charge in [0.05, 0.1) is 0 Å². The second-order valence-corrected chi connectivity index (χ2v) is 13.0. The maximum Gasteiger partial charge on any atom is 0.239 e. The van der Waals surface area contributed by atoms with Gasteiger partial charge in [-0.3, -0.25) is 9.59 Å². The highest BCUT2D eigenvalue weighted by Gasteiger charge is 2.38. The van der Waals surface area contributed by atoms with Gasteiger partial charge in [-0.25, -0.2) is 0 Å². The number of amides is 2. The van der Waals surface area contributed by atoms with Crippen LogP contribution in [0.4, 0.5) is 5.69 Å². The van der Waals surface area contributed by atoms with Crippen LogP contribution < -0.4 is 10.6 Å². The van der Waals surface area contributed by atoms with Gasteiger partial charge in [0.2, 0.25) is 11.8 Å². The fourth-order valence-corrected chi connectivity index (χ4v) is 3.87. The van der Waals surface area contributed by atoms with Crippen molar-refractivity contribution in [1.82, 2.24) is 0 Å². The molecule has 0 aliphatic carbocycles. The lowest BCUT2D eigenvalue weighted by molar-refractivity contribution is -0.132. The minimum atomic E-state index is -1.79. The van der Waals surface area contributed by atoms with Crippen LogP contribution >= 0.6 is 0 Å². The zero-order valence-electron chi connectivity index (χ0n) is 16.0. The molecular weight excluding hydrogens is 332 g/mol. The van der Waals surface area contributed by atoms with Gasteiger partial charge in [-0.2, -0.15) is 0 Å². The Balaban J connectivity index is 2.05. The number of primary amides is 1. The number of nitrogens with zero attached hydrogens (tertiary/aromatic N) is 1. The molecule has 25 heavy (non-hydrogen) atoms. The van der Waals surface area contributed by atoms with Crippen molar-refractivity contribution in [2.75, 3.05) is 18.1 Å². The standard InChI is InChI=1S/C19H30N2O3Si/c1-19(2,3)25(4,5)24-12-8-11-21-16-10-7-6-9-14(16)13-15(17(20)22)18(21)23/h6-7,9-10,15H,8,11-13H2,1-5H3,(H2,20,22). The van der Waals surface area contributed by atoms with E-state index < -0.39 is 20.1 Å². The lowest BCUT2D eigenvalue weighted by Crippen LogP contribution is -2.47. The number of nitrogens with two attached hydrogens (primary N) is 1. The van der Waals surface area contributed by atoms with Gasteiger partial charge in [0.15, 0.2) is 8.32 Å². The first-order chi connectivity index (χ1) is 11.5. The van der Waals surface area contributed by atoms with Gasteiger partial charge in [0, 0.05) is 18.8 Å². The fourth-order valence-electron chi connectivity index (χ4n) is 2.78. The average Bonchev–Trinajstić information content (AvgIpc) is 2.51. The van der Waals surface area contributed by atoms with Crippen LogP contribution in [0.15, 0.2) is 24.3 Å². The molecule has 1 aromatic rings. The van der Waals surface area contributed by atoms with Crippen LogP contribution in [-0.4, -0.2) is 33.3 Å². The number of carbonyl (C=O) groups excluding carboxylic acids is 2. The summed E-state index contributed by atoms with van der Waals surface area (Å²) >= 11 is 0. The Kier molecular flexibility index (Phi) is 5.74. The van der Waals surface area contributed by atoms with Crippen LogP contribution in [0, 0.1) is 5.92 Å².